The lowest BCUT2D eigenvalue weighted by atomic mass is 9.67. The molecule has 386 valence electrons. The SMILES string of the molecule is C=Cc1ccc(Oc2ccc(C3(c4ccc(F)c(F)c4)c4ccccc4-c4ccc(N(c5ccc(F)cc5)c5ccc6c(c5)C(c5ccc(Oc7ccc(C=C)cc7)cc5)(c5ccc(F)c(F)c5)c5ccccc5-6)cc43)cc2)cc1. The summed E-state index contributed by atoms with van der Waals surface area (Å²) in [6.45, 7) is 7.71. The Morgan fingerprint density at radius 3 is 1.05 bits per heavy atom. The topological polar surface area (TPSA) is 21.7 Å². The van der Waals surface area contributed by atoms with Gasteiger partial charge in [-0.25, -0.2) is 22.0 Å². The molecule has 0 radical (unpaired) electrons. The molecule has 0 fully saturated rings. The van der Waals surface area contributed by atoms with Gasteiger partial charge in [-0.1, -0.05) is 147 Å². The van der Waals surface area contributed by atoms with Crippen LogP contribution in [0.15, 0.2) is 256 Å². The Bertz CT molecular complexity index is 3960. The summed E-state index contributed by atoms with van der Waals surface area (Å²) >= 11 is 0. The van der Waals surface area contributed by atoms with E-state index in [4.69, 9.17) is 9.47 Å². The van der Waals surface area contributed by atoms with Crippen molar-refractivity contribution in [3.05, 3.63) is 341 Å². The van der Waals surface area contributed by atoms with Gasteiger partial charge in [-0.3, -0.25) is 0 Å². The summed E-state index contributed by atoms with van der Waals surface area (Å²) in [6.07, 6.45) is 3.52. The first-order chi connectivity index (χ1) is 39.1. The third-order valence-corrected chi connectivity index (χ3v) is 15.6. The number of hydrogen-bond acceptors (Lipinski definition) is 3. The summed E-state index contributed by atoms with van der Waals surface area (Å²) in [4.78, 5) is 2.03. The van der Waals surface area contributed by atoms with Crippen LogP contribution >= 0.6 is 0 Å². The van der Waals surface area contributed by atoms with Gasteiger partial charge < -0.3 is 14.4 Å². The summed E-state index contributed by atoms with van der Waals surface area (Å²) in [5.74, 6) is -1.97. The number of benzene rings is 11. The van der Waals surface area contributed by atoms with Crippen molar-refractivity contribution in [2.45, 2.75) is 10.8 Å². The number of ether oxygens (including phenoxy) is 2. The molecule has 0 aliphatic heterocycles. The van der Waals surface area contributed by atoms with Crippen LogP contribution < -0.4 is 14.4 Å². The van der Waals surface area contributed by atoms with Gasteiger partial charge in [-0.15, -0.1) is 0 Å². The molecule has 3 nitrogen and oxygen atoms in total. The molecule has 0 saturated heterocycles. The maximum Gasteiger partial charge on any atom is 0.159 e. The highest BCUT2D eigenvalue weighted by atomic mass is 19.2. The van der Waals surface area contributed by atoms with Gasteiger partial charge in [0.15, 0.2) is 23.3 Å². The Morgan fingerprint density at radius 2 is 0.662 bits per heavy atom. The first kappa shape index (κ1) is 49.5. The van der Waals surface area contributed by atoms with E-state index in [-0.39, 0.29) is 0 Å². The normalized spacial score (nSPS) is 15.5. The van der Waals surface area contributed by atoms with E-state index in [1.165, 1.54) is 24.3 Å². The van der Waals surface area contributed by atoms with Gasteiger partial charge in [-0.05, 0) is 199 Å². The quantitative estimate of drug-likeness (QED) is 0.107. The van der Waals surface area contributed by atoms with Gasteiger partial charge in [0.25, 0.3) is 0 Å². The Balaban J connectivity index is 1.01. The molecule has 11 aromatic rings. The second kappa shape index (κ2) is 19.8. The maximum absolute atomic E-state index is 15.9. The minimum Gasteiger partial charge on any atom is -0.457 e. The van der Waals surface area contributed by atoms with Gasteiger partial charge in [0.05, 0.1) is 10.8 Å². The van der Waals surface area contributed by atoms with E-state index < -0.39 is 39.9 Å². The van der Waals surface area contributed by atoms with Gasteiger partial charge in [-0.2, -0.15) is 0 Å². The van der Waals surface area contributed by atoms with Crippen LogP contribution in [0.1, 0.15) is 55.6 Å². The average molecular weight is 1050 g/mol. The molecule has 0 aromatic heterocycles. The monoisotopic (exact) mass is 1050 g/mol. The third-order valence-electron chi connectivity index (χ3n) is 15.6. The summed E-state index contributed by atoms with van der Waals surface area (Å²) in [5.41, 5.74) is 10.8. The lowest BCUT2D eigenvalue weighted by Gasteiger charge is -2.36. The smallest absolute Gasteiger partial charge is 0.159 e. The largest absolute Gasteiger partial charge is 0.457 e. The van der Waals surface area contributed by atoms with E-state index >= 15 is 22.0 Å². The van der Waals surface area contributed by atoms with Crippen molar-refractivity contribution in [2.75, 3.05) is 4.90 Å². The second-order valence-electron chi connectivity index (χ2n) is 19.9. The molecule has 11 aromatic carbocycles. The molecular formula is C72H46F5NO2. The molecule has 0 heterocycles. The van der Waals surface area contributed by atoms with Crippen molar-refractivity contribution in [1.29, 1.82) is 0 Å². The summed E-state index contributed by atoms with van der Waals surface area (Å²) in [5, 5.41) is 0. The van der Waals surface area contributed by atoms with Gasteiger partial charge in [0.2, 0.25) is 0 Å². The molecule has 0 spiro atoms. The van der Waals surface area contributed by atoms with E-state index in [9.17, 15) is 0 Å². The molecule has 2 atom stereocenters. The minimum atomic E-state index is -1.21. The molecular weight excluding hydrogens is 1010 g/mol. The third kappa shape index (κ3) is 8.10. The van der Waals surface area contributed by atoms with Crippen LogP contribution in [-0.4, -0.2) is 0 Å². The minimum absolute atomic E-state index is 0.431. The first-order valence-corrected chi connectivity index (χ1v) is 26.0. The summed E-state index contributed by atoms with van der Waals surface area (Å²) < 4.78 is 89.8. The van der Waals surface area contributed by atoms with Crippen molar-refractivity contribution in [3.8, 4) is 45.3 Å². The fourth-order valence-corrected chi connectivity index (χ4v) is 12.0. The predicted octanol–water partition coefficient (Wildman–Crippen LogP) is 19.4. The lowest BCUT2D eigenvalue weighted by molar-refractivity contribution is 0.482. The zero-order chi connectivity index (χ0) is 54.7. The molecule has 0 amide bonds. The number of rotatable bonds is 13. The molecule has 13 rings (SSSR count). The van der Waals surface area contributed by atoms with Gasteiger partial charge in [0.1, 0.15) is 28.8 Å². The van der Waals surface area contributed by atoms with E-state index in [1.807, 2.05) is 175 Å². The zero-order valence-corrected chi connectivity index (χ0v) is 42.8. The van der Waals surface area contributed by atoms with Crippen LogP contribution in [-0.2, 0) is 10.8 Å². The highest BCUT2D eigenvalue weighted by Gasteiger charge is 2.49. The number of hydrogen-bond donors (Lipinski definition) is 0. The molecule has 0 N–H and O–H groups in total. The van der Waals surface area contributed by atoms with Crippen LogP contribution in [0.3, 0.4) is 0 Å². The van der Waals surface area contributed by atoms with Crippen molar-refractivity contribution in [3.63, 3.8) is 0 Å². The predicted molar refractivity (Wildman–Crippen MR) is 309 cm³/mol. The van der Waals surface area contributed by atoms with E-state index in [0.29, 0.717) is 51.2 Å². The standard InChI is InChI=1S/C72H46F5NO2/c1-3-45-13-29-55(30-14-45)79-57-33-17-47(18-34-57)71(49-21-39-67(74)69(76)41-49)63-11-7-5-9-59(63)61-37-27-53(43-65(61)71)78(52-25-23-51(73)24-26-52)54-28-38-62-60-10-6-8-12-64(60)72(66(62)44-54,50-22-40-68(75)70(77)42-50)48-19-35-58(36-20-48)80-56-31-15-46(4-2)16-32-56/h3-44H,1-2H2. The van der Waals surface area contributed by atoms with Crippen molar-refractivity contribution < 1.29 is 31.4 Å². The fraction of sp³-hybridized carbons (Fsp3) is 0.0278. The van der Waals surface area contributed by atoms with Crippen molar-refractivity contribution in [1.82, 2.24) is 0 Å². The number of nitrogens with zero attached hydrogens (tertiary/aromatic N) is 1. The van der Waals surface area contributed by atoms with Crippen LogP contribution in [0.5, 0.6) is 23.0 Å². The molecule has 2 unspecified atom stereocenters. The maximum atomic E-state index is 15.9. The molecule has 0 bridgehead atoms. The van der Waals surface area contributed by atoms with Crippen molar-refractivity contribution in [2.24, 2.45) is 0 Å². The molecule has 80 heavy (non-hydrogen) atoms. The first-order valence-electron chi connectivity index (χ1n) is 26.0. The van der Waals surface area contributed by atoms with Crippen LogP contribution in [0.2, 0.25) is 0 Å². The second-order valence-corrected chi connectivity index (χ2v) is 19.9. The fourth-order valence-electron chi connectivity index (χ4n) is 12.0. The van der Waals surface area contributed by atoms with E-state index in [1.54, 1.807) is 36.4 Å². The number of fused-ring (bicyclic) bond motifs is 6. The highest BCUT2D eigenvalue weighted by Crippen LogP contribution is 2.60. The Morgan fingerprint density at radius 1 is 0.312 bits per heavy atom. The molecule has 0 saturated carbocycles. The van der Waals surface area contributed by atoms with E-state index in [0.717, 1.165) is 78.9 Å². The van der Waals surface area contributed by atoms with Crippen LogP contribution in [0, 0.1) is 29.1 Å². The summed E-state index contributed by atoms with van der Waals surface area (Å²) in [6, 6.07) is 73.0. The lowest BCUT2D eigenvalue weighted by Crippen LogP contribution is -2.29. The number of halogens is 5. The molecule has 2 aliphatic rings. The Kier molecular flexibility index (Phi) is 12.2. The van der Waals surface area contributed by atoms with Crippen molar-refractivity contribution >= 4 is 29.2 Å². The summed E-state index contributed by atoms with van der Waals surface area (Å²) in [7, 11) is 0. The zero-order valence-electron chi connectivity index (χ0n) is 42.8. The Labute approximate surface area is 460 Å². The van der Waals surface area contributed by atoms with Crippen LogP contribution in [0.25, 0.3) is 34.4 Å². The highest BCUT2D eigenvalue weighted by molar-refractivity contribution is 5.92. The molecule has 8 heteroatoms. The molecule has 2 aliphatic carbocycles. The average Bonchev–Trinajstić information content (AvgIpc) is 4.10. The number of anilines is 3. The van der Waals surface area contributed by atoms with Gasteiger partial charge >= 0.3 is 0 Å². The van der Waals surface area contributed by atoms with Gasteiger partial charge in [0, 0.05) is 17.1 Å². The van der Waals surface area contributed by atoms with Crippen LogP contribution in [0.4, 0.5) is 39.0 Å². The Hall–Kier alpha value is -10.1. The van der Waals surface area contributed by atoms with E-state index in [2.05, 4.69) is 25.3 Å².